The molecule has 5 nitrogen and oxygen atoms in total. The zero-order chi connectivity index (χ0) is 12.8. The molecule has 3 fully saturated rings. The Morgan fingerprint density at radius 3 is 2.11 bits per heavy atom. The molecule has 0 heterocycles. The number of hydrogen-bond donors (Lipinski definition) is 3. The average molecular weight is 252 g/mol. The van der Waals surface area contributed by atoms with Gasteiger partial charge in [-0.05, 0) is 49.9 Å². The first kappa shape index (κ1) is 11.8. The second-order valence-electron chi connectivity index (χ2n) is 6.26. The topological polar surface area (TPSA) is 78.4 Å². The Hall–Kier alpha value is -1.26. The first-order valence-electron chi connectivity index (χ1n) is 6.82. The van der Waals surface area contributed by atoms with Crippen molar-refractivity contribution >= 4 is 12.0 Å². The molecule has 0 saturated heterocycles. The van der Waals surface area contributed by atoms with Crippen LogP contribution in [0.2, 0.25) is 0 Å². The molecule has 0 aliphatic heterocycles. The Bertz CT molecular complexity index is 382. The van der Waals surface area contributed by atoms with Crippen LogP contribution in [0.5, 0.6) is 0 Å². The summed E-state index contributed by atoms with van der Waals surface area (Å²) >= 11 is 0. The van der Waals surface area contributed by atoms with E-state index in [9.17, 15) is 9.59 Å². The zero-order valence-electron chi connectivity index (χ0n) is 10.5. The van der Waals surface area contributed by atoms with Gasteiger partial charge >= 0.3 is 12.0 Å². The molecule has 3 N–H and O–H groups in total. The highest BCUT2D eigenvalue weighted by atomic mass is 16.4. The minimum absolute atomic E-state index is 0.213. The molecule has 3 rings (SSSR count). The number of nitrogens with one attached hydrogen (secondary N) is 2. The molecule has 0 radical (unpaired) electrons. The summed E-state index contributed by atoms with van der Waals surface area (Å²) in [4.78, 5) is 22.6. The predicted octanol–water partition coefficient (Wildman–Crippen LogP) is 1.34. The van der Waals surface area contributed by atoms with Gasteiger partial charge in [-0.3, -0.25) is 4.79 Å². The van der Waals surface area contributed by atoms with Crippen molar-refractivity contribution in [3.63, 3.8) is 0 Å². The highest BCUT2D eigenvalue weighted by molar-refractivity contribution is 5.80. The molecule has 3 aliphatic carbocycles. The van der Waals surface area contributed by atoms with Crippen LogP contribution in [-0.2, 0) is 4.79 Å². The van der Waals surface area contributed by atoms with Crippen molar-refractivity contribution in [1.29, 1.82) is 0 Å². The van der Waals surface area contributed by atoms with Crippen LogP contribution < -0.4 is 10.6 Å². The lowest BCUT2D eigenvalue weighted by atomic mass is 10.0. The first-order chi connectivity index (χ1) is 8.56. The van der Waals surface area contributed by atoms with Crippen molar-refractivity contribution < 1.29 is 14.7 Å². The second kappa shape index (κ2) is 3.87. The van der Waals surface area contributed by atoms with Crippen LogP contribution in [0.1, 0.15) is 38.5 Å². The molecule has 0 spiro atoms. The van der Waals surface area contributed by atoms with E-state index in [4.69, 9.17) is 5.11 Å². The van der Waals surface area contributed by atoms with E-state index in [-0.39, 0.29) is 12.6 Å². The zero-order valence-corrected chi connectivity index (χ0v) is 10.5. The maximum atomic E-state index is 11.6. The van der Waals surface area contributed by atoms with E-state index < -0.39 is 11.4 Å². The minimum atomic E-state index is -0.792. The second-order valence-corrected chi connectivity index (χ2v) is 6.26. The van der Waals surface area contributed by atoms with E-state index in [0.29, 0.717) is 18.3 Å². The number of carboxylic acids is 1. The number of carboxylic acid groups (broad SMARTS) is 1. The summed E-state index contributed by atoms with van der Waals surface area (Å²) in [7, 11) is 0. The van der Waals surface area contributed by atoms with E-state index in [1.807, 2.05) is 0 Å². The smallest absolute Gasteiger partial charge is 0.314 e. The summed E-state index contributed by atoms with van der Waals surface area (Å²) < 4.78 is 0. The number of rotatable bonds is 6. The van der Waals surface area contributed by atoms with E-state index in [1.54, 1.807) is 0 Å². The van der Waals surface area contributed by atoms with Crippen LogP contribution in [0.4, 0.5) is 4.79 Å². The Morgan fingerprint density at radius 1 is 1.06 bits per heavy atom. The largest absolute Gasteiger partial charge is 0.481 e. The summed E-state index contributed by atoms with van der Waals surface area (Å²) in [6.45, 7) is 1.01. The van der Waals surface area contributed by atoms with Gasteiger partial charge in [-0.2, -0.15) is 0 Å². The number of carbonyl (C=O) groups is 2. The van der Waals surface area contributed by atoms with Crippen LogP contribution in [-0.4, -0.2) is 30.2 Å². The predicted molar refractivity (Wildman–Crippen MR) is 65.1 cm³/mol. The molecule has 5 heteroatoms. The molecule has 0 bridgehead atoms. The SMILES string of the molecule is O=C(NCC1(C(=O)O)CC1)NCC1(C2CC2)CC1. The third-order valence-corrected chi connectivity index (χ3v) is 4.83. The van der Waals surface area contributed by atoms with Crippen LogP contribution in [0, 0.1) is 16.7 Å². The van der Waals surface area contributed by atoms with Gasteiger partial charge in [-0.1, -0.05) is 0 Å². The Labute approximate surface area is 106 Å². The van der Waals surface area contributed by atoms with Gasteiger partial charge in [0.2, 0.25) is 0 Å². The third kappa shape index (κ3) is 2.18. The Morgan fingerprint density at radius 2 is 1.67 bits per heavy atom. The number of carbonyl (C=O) groups excluding carboxylic acids is 1. The van der Waals surface area contributed by atoms with Gasteiger partial charge in [0, 0.05) is 13.1 Å². The Kier molecular flexibility index (Phi) is 2.54. The molecule has 0 atom stereocenters. The standard InChI is InChI=1S/C13H20N2O3/c16-10(17)13(5-6-13)8-15-11(18)14-7-12(3-4-12)9-1-2-9/h9H,1-8H2,(H,16,17)(H2,14,15,18). The van der Waals surface area contributed by atoms with Gasteiger partial charge in [0.1, 0.15) is 0 Å². The van der Waals surface area contributed by atoms with Crippen molar-refractivity contribution in [2.24, 2.45) is 16.7 Å². The van der Waals surface area contributed by atoms with Crippen molar-refractivity contribution in [3.05, 3.63) is 0 Å². The molecule has 3 aliphatic rings. The molecule has 0 aromatic carbocycles. The first-order valence-corrected chi connectivity index (χ1v) is 6.82. The molecular weight excluding hydrogens is 232 g/mol. The van der Waals surface area contributed by atoms with Gasteiger partial charge in [-0.25, -0.2) is 4.79 Å². The fourth-order valence-corrected chi connectivity index (χ4v) is 2.77. The highest BCUT2D eigenvalue weighted by Crippen LogP contribution is 2.60. The third-order valence-electron chi connectivity index (χ3n) is 4.83. The number of aliphatic carboxylic acids is 1. The summed E-state index contributed by atoms with van der Waals surface area (Å²) in [6, 6.07) is -0.213. The van der Waals surface area contributed by atoms with Gasteiger partial charge in [0.05, 0.1) is 5.41 Å². The maximum Gasteiger partial charge on any atom is 0.314 e. The lowest BCUT2D eigenvalue weighted by Crippen LogP contribution is -2.42. The fourth-order valence-electron chi connectivity index (χ4n) is 2.77. The number of amides is 2. The maximum absolute atomic E-state index is 11.6. The van der Waals surface area contributed by atoms with E-state index in [2.05, 4.69) is 10.6 Å². The molecule has 18 heavy (non-hydrogen) atoms. The highest BCUT2D eigenvalue weighted by Gasteiger charge is 2.54. The van der Waals surface area contributed by atoms with Crippen molar-refractivity contribution in [2.75, 3.05) is 13.1 Å². The fraction of sp³-hybridized carbons (Fsp3) is 0.846. The lowest BCUT2D eigenvalue weighted by molar-refractivity contribution is -0.143. The van der Waals surface area contributed by atoms with Crippen LogP contribution in [0.3, 0.4) is 0 Å². The molecular formula is C13H20N2O3. The lowest BCUT2D eigenvalue weighted by Gasteiger charge is -2.16. The van der Waals surface area contributed by atoms with Gasteiger partial charge in [-0.15, -0.1) is 0 Å². The average Bonchev–Trinajstić information content (AvgIpc) is 3.20. The minimum Gasteiger partial charge on any atom is -0.481 e. The number of hydrogen-bond acceptors (Lipinski definition) is 2. The molecule has 0 aromatic rings. The van der Waals surface area contributed by atoms with Crippen LogP contribution >= 0.6 is 0 Å². The van der Waals surface area contributed by atoms with Gasteiger partial charge in [0.15, 0.2) is 0 Å². The molecule has 3 saturated carbocycles. The van der Waals surface area contributed by atoms with E-state index in [1.165, 1.54) is 25.7 Å². The van der Waals surface area contributed by atoms with Crippen molar-refractivity contribution in [1.82, 2.24) is 10.6 Å². The molecule has 100 valence electrons. The van der Waals surface area contributed by atoms with Gasteiger partial charge in [0.25, 0.3) is 0 Å². The van der Waals surface area contributed by atoms with Crippen molar-refractivity contribution in [2.45, 2.75) is 38.5 Å². The van der Waals surface area contributed by atoms with Gasteiger partial charge < -0.3 is 15.7 Å². The van der Waals surface area contributed by atoms with E-state index >= 15 is 0 Å². The normalized spacial score (nSPS) is 26.2. The summed E-state index contributed by atoms with van der Waals surface area (Å²) in [5.74, 6) is 0.0334. The summed E-state index contributed by atoms with van der Waals surface area (Å²) in [6.07, 6.45) is 6.44. The summed E-state index contributed by atoms with van der Waals surface area (Å²) in [5, 5.41) is 14.6. The monoisotopic (exact) mass is 252 g/mol. The number of urea groups is 1. The van der Waals surface area contributed by atoms with E-state index in [0.717, 1.165) is 12.5 Å². The molecule has 0 unspecified atom stereocenters. The Balaban J connectivity index is 1.39. The van der Waals surface area contributed by atoms with Crippen molar-refractivity contribution in [3.8, 4) is 0 Å². The molecule has 2 amide bonds. The molecule has 0 aromatic heterocycles. The summed E-state index contributed by atoms with van der Waals surface area (Å²) in [5.41, 5.74) is -0.285. The van der Waals surface area contributed by atoms with Crippen LogP contribution in [0.25, 0.3) is 0 Å². The quantitative estimate of drug-likeness (QED) is 0.667. The van der Waals surface area contributed by atoms with Crippen LogP contribution in [0.15, 0.2) is 0 Å².